The number of hydrogen-bond donors (Lipinski definition) is 1. The molecule has 4 heteroatoms. The van der Waals surface area contributed by atoms with Gasteiger partial charge in [-0.25, -0.2) is 0 Å². The molecular formula is C14H16BrN3. The van der Waals surface area contributed by atoms with Crippen molar-refractivity contribution in [2.24, 2.45) is 0 Å². The zero-order valence-electron chi connectivity index (χ0n) is 10.3. The number of hydrogen-bond acceptors (Lipinski definition) is 3. The maximum atomic E-state index is 5.73. The fraction of sp³-hybridized carbons (Fsp3) is 0.214. The zero-order valence-corrected chi connectivity index (χ0v) is 11.9. The molecular weight excluding hydrogens is 290 g/mol. The van der Waals surface area contributed by atoms with Crippen LogP contribution >= 0.6 is 15.9 Å². The summed E-state index contributed by atoms with van der Waals surface area (Å²) in [6.45, 7) is 1.75. The Balaban J connectivity index is 2.01. The molecule has 0 aliphatic heterocycles. The van der Waals surface area contributed by atoms with Crippen LogP contribution in [0.4, 0.5) is 5.69 Å². The van der Waals surface area contributed by atoms with E-state index in [4.69, 9.17) is 5.73 Å². The molecule has 0 saturated heterocycles. The molecule has 0 aliphatic carbocycles. The Bertz CT molecular complexity index is 514. The van der Waals surface area contributed by atoms with Crippen LogP contribution in [0.2, 0.25) is 0 Å². The Hall–Kier alpha value is -1.39. The van der Waals surface area contributed by atoms with Crippen LogP contribution in [0, 0.1) is 0 Å². The second-order valence-corrected chi connectivity index (χ2v) is 5.24. The topological polar surface area (TPSA) is 42.2 Å². The summed E-state index contributed by atoms with van der Waals surface area (Å²) in [5, 5.41) is 0. The molecule has 0 saturated carbocycles. The molecule has 2 rings (SSSR count). The first-order valence-electron chi connectivity index (χ1n) is 5.76. The lowest BCUT2D eigenvalue weighted by atomic mass is 10.2. The second kappa shape index (κ2) is 5.98. The van der Waals surface area contributed by atoms with Gasteiger partial charge in [0.05, 0.1) is 0 Å². The Morgan fingerprint density at radius 1 is 1.28 bits per heavy atom. The maximum absolute atomic E-state index is 5.73. The summed E-state index contributed by atoms with van der Waals surface area (Å²) in [6, 6.07) is 9.97. The average molecular weight is 306 g/mol. The molecule has 0 atom stereocenters. The molecule has 0 aliphatic rings. The van der Waals surface area contributed by atoms with E-state index in [2.05, 4.69) is 45.0 Å². The van der Waals surface area contributed by atoms with E-state index in [-0.39, 0.29) is 0 Å². The number of rotatable bonds is 4. The average Bonchev–Trinajstić information content (AvgIpc) is 2.34. The van der Waals surface area contributed by atoms with Crippen molar-refractivity contribution in [1.29, 1.82) is 0 Å². The number of aromatic nitrogens is 1. The van der Waals surface area contributed by atoms with Crippen molar-refractivity contribution in [3.63, 3.8) is 0 Å². The van der Waals surface area contributed by atoms with E-state index in [1.165, 1.54) is 11.1 Å². The molecule has 3 nitrogen and oxygen atoms in total. The number of nitrogen functional groups attached to an aromatic ring is 1. The minimum absolute atomic E-state index is 0.778. The van der Waals surface area contributed by atoms with Crippen LogP contribution in [0.3, 0.4) is 0 Å². The maximum Gasteiger partial charge on any atom is 0.0325 e. The van der Waals surface area contributed by atoms with E-state index < -0.39 is 0 Å². The highest BCUT2D eigenvalue weighted by molar-refractivity contribution is 9.10. The third-order valence-corrected chi connectivity index (χ3v) is 3.43. The number of nitrogens with two attached hydrogens (primary N) is 1. The number of pyridine rings is 1. The standard InChI is InChI=1S/C14H16BrN3/c1-18(9-11-3-2-6-17-8-11)10-12-4-5-13(16)7-14(12)15/h2-8H,9-10,16H2,1H3. The van der Waals surface area contributed by atoms with E-state index in [0.717, 1.165) is 23.2 Å². The summed E-state index contributed by atoms with van der Waals surface area (Å²) in [5.74, 6) is 0. The zero-order chi connectivity index (χ0) is 13.0. The molecule has 0 amide bonds. The molecule has 0 bridgehead atoms. The normalized spacial score (nSPS) is 10.8. The van der Waals surface area contributed by atoms with E-state index >= 15 is 0 Å². The highest BCUT2D eigenvalue weighted by Gasteiger charge is 2.05. The van der Waals surface area contributed by atoms with Crippen LogP contribution in [0.25, 0.3) is 0 Å². The third kappa shape index (κ3) is 3.55. The minimum atomic E-state index is 0.778. The Kier molecular flexibility index (Phi) is 4.33. The van der Waals surface area contributed by atoms with Gasteiger partial charge in [-0.2, -0.15) is 0 Å². The summed E-state index contributed by atoms with van der Waals surface area (Å²) in [4.78, 5) is 6.36. The fourth-order valence-electron chi connectivity index (χ4n) is 1.84. The summed E-state index contributed by atoms with van der Waals surface area (Å²) >= 11 is 3.54. The molecule has 0 unspecified atom stereocenters. The summed E-state index contributed by atoms with van der Waals surface area (Å²) in [5.41, 5.74) is 8.95. The van der Waals surface area contributed by atoms with Crippen molar-refractivity contribution in [2.75, 3.05) is 12.8 Å². The highest BCUT2D eigenvalue weighted by Crippen LogP contribution is 2.21. The predicted molar refractivity (Wildman–Crippen MR) is 78.0 cm³/mol. The van der Waals surface area contributed by atoms with Gasteiger partial charge in [-0.15, -0.1) is 0 Å². The molecule has 1 heterocycles. The van der Waals surface area contributed by atoms with Crippen molar-refractivity contribution in [1.82, 2.24) is 9.88 Å². The van der Waals surface area contributed by atoms with Crippen LogP contribution < -0.4 is 5.73 Å². The van der Waals surface area contributed by atoms with Crippen LogP contribution in [0.1, 0.15) is 11.1 Å². The molecule has 0 fully saturated rings. The summed E-state index contributed by atoms with van der Waals surface area (Å²) < 4.78 is 1.06. The SMILES string of the molecule is CN(Cc1cccnc1)Cc1ccc(N)cc1Br. The first kappa shape index (κ1) is 13.1. The van der Waals surface area contributed by atoms with Crippen molar-refractivity contribution < 1.29 is 0 Å². The van der Waals surface area contributed by atoms with Crippen molar-refractivity contribution >= 4 is 21.6 Å². The van der Waals surface area contributed by atoms with Gasteiger partial charge in [-0.05, 0) is 36.4 Å². The quantitative estimate of drug-likeness (QED) is 0.883. The number of anilines is 1. The van der Waals surface area contributed by atoms with Crippen LogP contribution in [-0.4, -0.2) is 16.9 Å². The monoisotopic (exact) mass is 305 g/mol. The Labute approximate surface area is 116 Å². The van der Waals surface area contributed by atoms with Crippen LogP contribution in [-0.2, 0) is 13.1 Å². The molecule has 0 radical (unpaired) electrons. The number of halogens is 1. The van der Waals surface area contributed by atoms with Gasteiger partial charge in [-0.3, -0.25) is 9.88 Å². The smallest absolute Gasteiger partial charge is 0.0325 e. The predicted octanol–water partition coefficient (Wildman–Crippen LogP) is 3.06. The molecule has 0 spiro atoms. The summed E-state index contributed by atoms with van der Waals surface area (Å²) in [7, 11) is 2.09. The van der Waals surface area contributed by atoms with E-state index in [9.17, 15) is 0 Å². The lowest BCUT2D eigenvalue weighted by Gasteiger charge is -2.17. The fourth-order valence-corrected chi connectivity index (χ4v) is 2.36. The van der Waals surface area contributed by atoms with Crippen molar-refractivity contribution in [3.05, 3.63) is 58.3 Å². The Morgan fingerprint density at radius 2 is 2.11 bits per heavy atom. The lowest BCUT2D eigenvalue weighted by Crippen LogP contribution is -2.17. The van der Waals surface area contributed by atoms with Crippen molar-refractivity contribution in [2.45, 2.75) is 13.1 Å². The molecule has 2 N–H and O–H groups in total. The van der Waals surface area contributed by atoms with Gasteiger partial charge in [0.15, 0.2) is 0 Å². The summed E-state index contributed by atoms with van der Waals surface area (Å²) in [6.07, 6.45) is 3.69. The van der Waals surface area contributed by atoms with Crippen LogP contribution in [0.15, 0.2) is 47.2 Å². The largest absolute Gasteiger partial charge is 0.399 e. The van der Waals surface area contributed by atoms with E-state index in [1.807, 2.05) is 24.4 Å². The van der Waals surface area contributed by atoms with Gasteiger partial charge in [-0.1, -0.05) is 28.1 Å². The van der Waals surface area contributed by atoms with E-state index in [1.54, 1.807) is 6.20 Å². The van der Waals surface area contributed by atoms with Gasteiger partial charge in [0.1, 0.15) is 0 Å². The van der Waals surface area contributed by atoms with Gasteiger partial charge >= 0.3 is 0 Å². The molecule has 18 heavy (non-hydrogen) atoms. The van der Waals surface area contributed by atoms with Gasteiger partial charge in [0.2, 0.25) is 0 Å². The molecule has 94 valence electrons. The third-order valence-electron chi connectivity index (χ3n) is 2.69. The van der Waals surface area contributed by atoms with Gasteiger partial charge in [0, 0.05) is 35.6 Å². The lowest BCUT2D eigenvalue weighted by molar-refractivity contribution is 0.318. The minimum Gasteiger partial charge on any atom is -0.399 e. The Morgan fingerprint density at radius 3 is 2.78 bits per heavy atom. The first-order valence-corrected chi connectivity index (χ1v) is 6.56. The molecule has 1 aromatic heterocycles. The number of nitrogens with zero attached hydrogens (tertiary/aromatic N) is 2. The second-order valence-electron chi connectivity index (χ2n) is 4.38. The molecule has 2 aromatic rings. The van der Waals surface area contributed by atoms with E-state index in [0.29, 0.717) is 0 Å². The van der Waals surface area contributed by atoms with Gasteiger partial charge < -0.3 is 5.73 Å². The number of benzene rings is 1. The highest BCUT2D eigenvalue weighted by atomic mass is 79.9. The van der Waals surface area contributed by atoms with Gasteiger partial charge in [0.25, 0.3) is 0 Å². The first-order chi connectivity index (χ1) is 8.65. The van der Waals surface area contributed by atoms with Crippen molar-refractivity contribution in [3.8, 4) is 0 Å². The van der Waals surface area contributed by atoms with Crippen LogP contribution in [0.5, 0.6) is 0 Å². The molecule has 1 aromatic carbocycles.